The highest BCUT2D eigenvalue weighted by atomic mass is 16.5. The number of benzene rings is 2. The van der Waals surface area contributed by atoms with Crippen LogP contribution in [0.3, 0.4) is 0 Å². The Bertz CT molecular complexity index is 1070. The van der Waals surface area contributed by atoms with Gasteiger partial charge in [0.2, 0.25) is 5.91 Å². The van der Waals surface area contributed by atoms with Gasteiger partial charge in [-0.05, 0) is 74.8 Å². The van der Waals surface area contributed by atoms with Gasteiger partial charge < -0.3 is 20.1 Å². The maximum absolute atomic E-state index is 13.4. The van der Waals surface area contributed by atoms with Crippen LogP contribution in [0, 0.1) is 12.8 Å². The van der Waals surface area contributed by atoms with Crippen LogP contribution < -0.4 is 15.0 Å². The van der Waals surface area contributed by atoms with Crippen molar-refractivity contribution in [2.24, 2.45) is 5.92 Å². The van der Waals surface area contributed by atoms with E-state index in [4.69, 9.17) is 4.74 Å². The third kappa shape index (κ3) is 7.06. The number of carboxylic acids is 1. The number of hydrogen-bond acceptors (Lipinski definition) is 4. The quantitative estimate of drug-likeness (QED) is 0.387. The smallest absolute Gasteiger partial charge is 0.339 e. The van der Waals surface area contributed by atoms with Gasteiger partial charge in [-0.3, -0.25) is 4.79 Å². The van der Waals surface area contributed by atoms with E-state index in [1.54, 1.807) is 12.1 Å². The number of amides is 1. The molecule has 2 fully saturated rings. The lowest BCUT2D eigenvalue weighted by Gasteiger charge is -2.35. The minimum atomic E-state index is -1.03. The largest absolute Gasteiger partial charge is 0.493 e. The number of anilines is 1. The molecule has 1 amide bonds. The zero-order chi connectivity index (χ0) is 26.2. The molecule has 200 valence electrons. The Kier molecular flexibility index (Phi) is 9.48. The van der Waals surface area contributed by atoms with Crippen LogP contribution in [0.5, 0.6) is 5.75 Å². The number of aromatic carboxylic acids is 1. The van der Waals surface area contributed by atoms with Gasteiger partial charge in [-0.15, -0.1) is 0 Å². The number of hydrogen-bond donors (Lipinski definition) is 2. The summed E-state index contributed by atoms with van der Waals surface area (Å²) in [6.45, 7) is 6.49. The molecule has 0 bridgehead atoms. The fraction of sp³-hybridized carbons (Fsp3) is 0.548. The van der Waals surface area contributed by atoms with Crippen molar-refractivity contribution in [2.45, 2.75) is 84.1 Å². The summed E-state index contributed by atoms with van der Waals surface area (Å²) in [5.41, 5.74) is 4.63. The summed E-state index contributed by atoms with van der Waals surface area (Å²) in [5, 5.41) is 12.9. The van der Waals surface area contributed by atoms with Gasteiger partial charge in [0, 0.05) is 24.3 Å². The van der Waals surface area contributed by atoms with Crippen molar-refractivity contribution in [3.05, 3.63) is 58.7 Å². The first kappa shape index (κ1) is 27.0. The topological polar surface area (TPSA) is 78.9 Å². The first-order valence-electron chi connectivity index (χ1n) is 14.1. The molecule has 37 heavy (non-hydrogen) atoms. The van der Waals surface area contributed by atoms with Gasteiger partial charge in [0.15, 0.2) is 0 Å². The van der Waals surface area contributed by atoms with Gasteiger partial charge in [0.1, 0.15) is 11.3 Å². The van der Waals surface area contributed by atoms with Gasteiger partial charge in [0.05, 0.1) is 19.1 Å². The summed E-state index contributed by atoms with van der Waals surface area (Å²) >= 11 is 0. The number of nitrogens with one attached hydrogen (secondary N) is 1. The van der Waals surface area contributed by atoms with Crippen LogP contribution in [-0.2, 0) is 11.2 Å². The third-order valence-electron chi connectivity index (χ3n) is 7.92. The first-order chi connectivity index (χ1) is 18.0. The molecule has 1 heterocycles. The third-order valence-corrected chi connectivity index (χ3v) is 7.92. The lowest BCUT2D eigenvalue weighted by Crippen LogP contribution is -2.35. The summed E-state index contributed by atoms with van der Waals surface area (Å²) in [7, 11) is 0. The van der Waals surface area contributed by atoms with Crippen molar-refractivity contribution in [1.82, 2.24) is 5.32 Å². The van der Waals surface area contributed by atoms with Crippen molar-refractivity contribution >= 4 is 17.6 Å². The molecular weight excluding hydrogens is 464 g/mol. The molecular formula is C31H42N2O4. The van der Waals surface area contributed by atoms with E-state index >= 15 is 0 Å². The number of ether oxygens (including phenoxy) is 1. The van der Waals surface area contributed by atoms with Crippen molar-refractivity contribution in [2.75, 3.05) is 24.6 Å². The number of carbonyl (C=O) groups is 2. The van der Waals surface area contributed by atoms with Crippen molar-refractivity contribution in [1.29, 1.82) is 0 Å². The Balaban J connectivity index is 1.59. The van der Waals surface area contributed by atoms with Crippen LogP contribution in [0.15, 0.2) is 36.4 Å². The predicted octanol–water partition coefficient (Wildman–Crippen LogP) is 6.45. The van der Waals surface area contributed by atoms with Gasteiger partial charge in [-0.2, -0.15) is 0 Å². The monoisotopic (exact) mass is 506 g/mol. The Morgan fingerprint density at radius 2 is 1.78 bits per heavy atom. The van der Waals surface area contributed by atoms with Gasteiger partial charge in [0.25, 0.3) is 0 Å². The summed E-state index contributed by atoms with van der Waals surface area (Å²) in [5.74, 6) is -0.145. The molecule has 2 aromatic rings. The minimum Gasteiger partial charge on any atom is -0.493 e. The maximum atomic E-state index is 13.4. The molecule has 0 spiro atoms. The molecule has 1 atom stereocenters. The van der Waals surface area contributed by atoms with E-state index < -0.39 is 5.97 Å². The summed E-state index contributed by atoms with van der Waals surface area (Å²) in [6, 6.07) is 11.4. The van der Waals surface area contributed by atoms with Gasteiger partial charge >= 0.3 is 5.97 Å². The number of carboxylic acid groups (broad SMARTS) is 1. The molecule has 1 saturated heterocycles. The first-order valence-corrected chi connectivity index (χ1v) is 14.1. The predicted molar refractivity (Wildman–Crippen MR) is 148 cm³/mol. The molecule has 6 nitrogen and oxygen atoms in total. The fourth-order valence-electron chi connectivity index (χ4n) is 6.09. The fourth-order valence-corrected chi connectivity index (χ4v) is 6.09. The van der Waals surface area contributed by atoms with Crippen LogP contribution in [0.2, 0.25) is 0 Å². The van der Waals surface area contributed by atoms with Crippen molar-refractivity contribution < 1.29 is 19.4 Å². The van der Waals surface area contributed by atoms with E-state index in [0.29, 0.717) is 18.3 Å². The molecule has 1 aliphatic heterocycles. The molecule has 2 aliphatic rings. The molecule has 1 saturated carbocycles. The summed E-state index contributed by atoms with van der Waals surface area (Å²) < 4.78 is 5.55. The molecule has 1 aliphatic carbocycles. The summed E-state index contributed by atoms with van der Waals surface area (Å²) in [6.07, 6.45) is 11.2. The number of piperidine rings is 1. The minimum absolute atomic E-state index is 0.0424. The second-order valence-corrected chi connectivity index (χ2v) is 10.7. The van der Waals surface area contributed by atoms with Crippen LogP contribution in [0.1, 0.15) is 97.8 Å². The van der Waals surface area contributed by atoms with Gasteiger partial charge in [-0.1, -0.05) is 50.3 Å². The van der Waals surface area contributed by atoms with E-state index in [0.717, 1.165) is 25.1 Å². The molecule has 0 radical (unpaired) electrons. The molecule has 2 aromatic carbocycles. The van der Waals surface area contributed by atoms with Crippen LogP contribution in [0.4, 0.5) is 5.69 Å². The number of aryl methyl sites for hydroxylation is 1. The Morgan fingerprint density at radius 1 is 1.05 bits per heavy atom. The molecule has 6 heteroatoms. The highest BCUT2D eigenvalue weighted by Crippen LogP contribution is 2.38. The summed E-state index contributed by atoms with van der Waals surface area (Å²) in [4.78, 5) is 27.5. The van der Waals surface area contributed by atoms with Crippen molar-refractivity contribution in [3.8, 4) is 5.75 Å². The second kappa shape index (κ2) is 13.0. The van der Waals surface area contributed by atoms with E-state index in [1.165, 1.54) is 74.2 Å². The van der Waals surface area contributed by atoms with Crippen LogP contribution >= 0.6 is 0 Å². The highest BCUT2D eigenvalue weighted by molar-refractivity contribution is 5.91. The molecule has 1 unspecified atom stereocenters. The molecule has 4 rings (SSSR count). The lowest BCUT2D eigenvalue weighted by molar-refractivity contribution is -0.121. The highest BCUT2D eigenvalue weighted by Gasteiger charge is 2.27. The normalized spacial score (nSPS) is 17.3. The molecule has 2 N–H and O–H groups in total. The average molecular weight is 507 g/mol. The number of carbonyl (C=O) groups excluding carboxylic acids is 1. The number of nitrogens with zero attached hydrogens (tertiary/aromatic N) is 1. The maximum Gasteiger partial charge on any atom is 0.339 e. The Morgan fingerprint density at radius 3 is 2.49 bits per heavy atom. The standard InChI is InChI=1S/C31H42N2O4/c1-3-37-28-20-24(15-16-25(28)31(35)36)21-29(34)32-26(19-23-12-6-4-7-13-23)30-22(2)11-10-14-27(30)33-17-8-5-9-18-33/h10-11,14-16,20,23,26H,3-9,12-13,17-19,21H2,1-2H3,(H,32,34)(H,35,36). The van der Waals surface area contributed by atoms with Crippen LogP contribution in [-0.4, -0.2) is 36.7 Å². The Labute approximate surface area is 221 Å². The van der Waals surface area contributed by atoms with Gasteiger partial charge in [-0.25, -0.2) is 4.79 Å². The van der Waals surface area contributed by atoms with Crippen LogP contribution in [0.25, 0.3) is 0 Å². The van der Waals surface area contributed by atoms with E-state index in [-0.39, 0.29) is 23.9 Å². The second-order valence-electron chi connectivity index (χ2n) is 10.7. The SMILES string of the molecule is CCOc1cc(CC(=O)NC(CC2CCCCC2)c2c(C)cccc2N2CCCCC2)ccc1C(=O)O. The van der Waals surface area contributed by atoms with E-state index in [9.17, 15) is 14.7 Å². The Hall–Kier alpha value is -3.02. The van der Waals surface area contributed by atoms with E-state index in [1.807, 2.05) is 6.92 Å². The molecule has 0 aromatic heterocycles. The zero-order valence-electron chi connectivity index (χ0n) is 22.4. The van der Waals surface area contributed by atoms with Crippen molar-refractivity contribution in [3.63, 3.8) is 0 Å². The van der Waals surface area contributed by atoms with E-state index in [2.05, 4.69) is 35.3 Å². The number of rotatable bonds is 10. The lowest BCUT2D eigenvalue weighted by atomic mass is 9.82. The zero-order valence-corrected chi connectivity index (χ0v) is 22.4. The average Bonchev–Trinajstić information content (AvgIpc) is 2.89.